The molecule has 0 radical (unpaired) electrons. The molecule has 3 rings (SSSR count). The highest BCUT2D eigenvalue weighted by molar-refractivity contribution is 6.42. The van der Waals surface area contributed by atoms with E-state index in [4.69, 9.17) is 39.9 Å². The summed E-state index contributed by atoms with van der Waals surface area (Å²) < 4.78 is 15.6. The molecule has 0 saturated carbocycles. The van der Waals surface area contributed by atoms with E-state index in [1.54, 1.807) is 18.2 Å². The van der Waals surface area contributed by atoms with Gasteiger partial charge in [0.15, 0.2) is 0 Å². The molecule has 1 heterocycles. The summed E-state index contributed by atoms with van der Waals surface area (Å²) in [5.41, 5.74) is -1.11. The first-order chi connectivity index (χ1) is 17.3. The van der Waals surface area contributed by atoms with E-state index in [-0.39, 0.29) is 34.0 Å². The van der Waals surface area contributed by atoms with Gasteiger partial charge >= 0.3 is 0 Å². The molecule has 200 valence electrons. The van der Waals surface area contributed by atoms with Crippen molar-refractivity contribution in [2.45, 2.75) is 63.1 Å². The van der Waals surface area contributed by atoms with Crippen molar-refractivity contribution in [2.75, 3.05) is 13.2 Å². The van der Waals surface area contributed by atoms with Crippen LogP contribution in [-0.2, 0) is 10.2 Å². The van der Waals surface area contributed by atoms with Crippen LogP contribution in [0.1, 0.15) is 50.7 Å². The minimum Gasteiger partial charge on any atom is -0.394 e. The number of aliphatic hydroxyl groups excluding tert-OH is 2. The number of nitriles is 1. The van der Waals surface area contributed by atoms with Gasteiger partial charge in [-0.15, -0.1) is 0 Å². The van der Waals surface area contributed by atoms with E-state index >= 15 is 4.39 Å². The van der Waals surface area contributed by atoms with Crippen molar-refractivity contribution >= 4 is 40.7 Å². The largest absolute Gasteiger partial charge is 0.394 e. The monoisotopic (exact) mass is 569 g/mol. The summed E-state index contributed by atoms with van der Waals surface area (Å²) >= 11 is 18.6. The maximum atomic E-state index is 15.6. The SMILES string of the molecule is CC(C)(C)CC1NC(C(=O)NCC[C@H](O)CO)C(c2ccc(Cl)c(Cl)c2)C1(C#N)c1ccc(Cl)cc1F. The molecule has 5 atom stereocenters. The minimum atomic E-state index is -1.51. The number of carbonyl (C=O) groups is 1. The third-order valence-corrected chi connectivity index (χ3v) is 7.68. The van der Waals surface area contributed by atoms with Crippen LogP contribution < -0.4 is 10.6 Å². The third-order valence-electron chi connectivity index (χ3n) is 6.71. The van der Waals surface area contributed by atoms with Gasteiger partial charge in [0, 0.05) is 29.1 Å². The van der Waals surface area contributed by atoms with Crippen molar-refractivity contribution in [3.05, 3.63) is 68.4 Å². The van der Waals surface area contributed by atoms with Crippen molar-refractivity contribution in [1.29, 1.82) is 5.26 Å². The summed E-state index contributed by atoms with van der Waals surface area (Å²) in [4.78, 5) is 13.5. The molecule has 1 aliphatic rings. The van der Waals surface area contributed by atoms with Gasteiger partial charge in [0.05, 0.1) is 34.9 Å². The topological polar surface area (TPSA) is 105 Å². The number of rotatable bonds is 8. The second kappa shape index (κ2) is 11.9. The van der Waals surface area contributed by atoms with E-state index < -0.39 is 47.9 Å². The molecule has 2 aromatic carbocycles. The van der Waals surface area contributed by atoms with Gasteiger partial charge < -0.3 is 20.8 Å². The van der Waals surface area contributed by atoms with Gasteiger partial charge in [-0.2, -0.15) is 5.26 Å². The standard InChI is InChI=1S/C27H31Cl3FN3O3/c1-26(2,3)12-22-27(14-32,18-6-5-16(28)11-21(18)31)23(15-4-7-19(29)20(30)10-15)24(34-22)25(37)33-9-8-17(36)13-35/h4-7,10-11,17,22-24,34-36H,8-9,12-13H2,1-3H3,(H,33,37)/t17-,22?,23?,24?,27?/m0/s1. The second-order valence-electron chi connectivity index (χ2n) is 10.6. The molecule has 10 heteroatoms. The molecule has 4 unspecified atom stereocenters. The average molecular weight is 571 g/mol. The molecule has 1 amide bonds. The van der Waals surface area contributed by atoms with Crippen LogP contribution in [0.5, 0.6) is 0 Å². The number of aliphatic hydroxyl groups is 2. The van der Waals surface area contributed by atoms with Crippen LogP contribution in [0.15, 0.2) is 36.4 Å². The molecule has 0 aliphatic carbocycles. The van der Waals surface area contributed by atoms with Crippen molar-refractivity contribution in [1.82, 2.24) is 10.6 Å². The molecule has 1 fully saturated rings. The van der Waals surface area contributed by atoms with Crippen LogP contribution in [0.25, 0.3) is 0 Å². The van der Waals surface area contributed by atoms with Crippen molar-refractivity contribution in [3.8, 4) is 6.07 Å². The number of hydrogen-bond donors (Lipinski definition) is 4. The Morgan fingerprint density at radius 1 is 1.22 bits per heavy atom. The van der Waals surface area contributed by atoms with Gasteiger partial charge in [-0.05, 0) is 48.1 Å². The predicted molar refractivity (Wildman–Crippen MR) is 143 cm³/mol. The summed E-state index contributed by atoms with van der Waals surface area (Å²) in [5.74, 6) is -1.92. The van der Waals surface area contributed by atoms with Gasteiger partial charge in [0.25, 0.3) is 0 Å². The van der Waals surface area contributed by atoms with Crippen LogP contribution in [0.3, 0.4) is 0 Å². The Kier molecular flexibility index (Phi) is 9.50. The molecule has 0 spiro atoms. The maximum Gasteiger partial charge on any atom is 0.237 e. The number of nitrogens with one attached hydrogen (secondary N) is 2. The van der Waals surface area contributed by atoms with Gasteiger partial charge in [0.2, 0.25) is 5.91 Å². The fourth-order valence-corrected chi connectivity index (χ4v) is 5.56. The van der Waals surface area contributed by atoms with Crippen LogP contribution in [-0.4, -0.2) is 47.5 Å². The Morgan fingerprint density at radius 3 is 2.49 bits per heavy atom. The van der Waals surface area contributed by atoms with Crippen molar-refractivity contribution in [2.24, 2.45) is 5.41 Å². The number of hydrogen-bond acceptors (Lipinski definition) is 5. The van der Waals surface area contributed by atoms with E-state index in [0.717, 1.165) is 0 Å². The lowest BCUT2D eigenvalue weighted by Crippen LogP contribution is -2.46. The zero-order chi connectivity index (χ0) is 27.5. The van der Waals surface area contributed by atoms with Crippen LogP contribution >= 0.6 is 34.8 Å². The Hall–Kier alpha value is -1.92. The number of carbonyl (C=O) groups excluding carboxylic acids is 1. The summed E-state index contributed by atoms with van der Waals surface area (Å²) in [5, 5.41) is 36.4. The molecule has 1 saturated heterocycles. The van der Waals surface area contributed by atoms with E-state index in [9.17, 15) is 15.2 Å². The number of benzene rings is 2. The number of nitrogens with zero attached hydrogens (tertiary/aromatic N) is 1. The molecular formula is C27H31Cl3FN3O3. The van der Waals surface area contributed by atoms with Crippen LogP contribution in [0.2, 0.25) is 15.1 Å². The second-order valence-corrected chi connectivity index (χ2v) is 11.9. The van der Waals surface area contributed by atoms with Gasteiger partial charge in [-0.3, -0.25) is 4.79 Å². The van der Waals surface area contributed by atoms with E-state index in [0.29, 0.717) is 17.0 Å². The lowest BCUT2D eigenvalue weighted by molar-refractivity contribution is -0.123. The quantitative estimate of drug-likeness (QED) is 0.359. The van der Waals surface area contributed by atoms with Gasteiger partial charge in [-0.1, -0.05) is 67.7 Å². The molecule has 2 aromatic rings. The average Bonchev–Trinajstić information content (AvgIpc) is 3.13. The van der Waals surface area contributed by atoms with Gasteiger partial charge in [-0.25, -0.2) is 4.39 Å². The lowest BCUT2D eigenvalue weighted by Gasteiger charge is -2.37. The summed E-state index contributed by atoms with van der Waals surface area (Å²) in [6.45, 7) is 5.70. The van der Waals surface area contributed by atoms with E-state index in [1.165, 1.54) is 18.2 Å². The molecular weight excluding hydrogens is 540 g/mol. The Labute approximate surface area is 231 Å². The zero-order valence-corrected chi connectivity index (χ0v) is 23.1. The van der Waals surface area contributed by atoms with E-state index in [2.05, 4.69) is 16.7 Å². The highest BCUT2D eigenvalue weighted by Gasteiger charge is 2.60. The molecule has 6 nitrogen and oxygen atoms in total. The van der Waals surface area contributed by atoms with Crippen LogP contribution in [0.4, 0.5) is 4.39 Å². The fraction of sp³-hybridized carbons (Fsp3) is 0.481. The molecule has 0 aromatic heterocycles. The van der Waals surface area contributed by atoms with E-state index in [1.807, 2.05) is 20.8 Å². The molecule has 1 aliphatic heterocycles. The Morgan fingerprint density at radius 2 is 1.92 bits per heavy atom. The summed E-state index contributed by atoms with van der Waals surface area (Å²) in [6.07, 6.45) is -0.377. The normalized spacial score (nSPS) is 24.5. The van der Waals surface area contributed by atoms with Crippen molar-refractivity contribution in [3.63, 3.8) is 0 Å². The molecule has 37 heavy (non-hydrogen) atoms. The minimum absolute atomic E-state index is 0.103. The first kappa shape index (κ1) is 29.6. The molecule has 0 bridgehead atoms. The smallest absolute Gasteiger partial charge is 0.237 e. The number of amides is 1. The third kappa shape index (κ3) is 6.39. The first-order valence-corrected chi connectivity index (χ1v) is 13.1. The summed E-state index contributed by atoms with van der Waals surface area (Å²) in [6, 6.07) is 9.92. The molecule has 4 N–H and O–H groups in total. The van der Waals surface area contributed by atoms with Gasteiger partial charge in [0.1, 0.15) is 11.2 Å². The lowest BCUT2D eigenvalue weighted by atomic mass is 9.62. The first-order valence-electron chi connectivity index (χ1n) is 12.0. The fourth-order valence-electron chi connectivity index (χ4n) is 5.10. The highest BCUT2D eigenvalue weighted by atomic mass is 35.5. The van der Waals surface area contributed by atoms with Crippen molar-refractivity contribution < 1.29 is 19.4 Å². The zero-order valence-electron chi connectivity index (χ0n) is 20.9. The summed E-state index contributed by atoms with van der Waals surface area (Å²) in [7, 11) is 0. The maximum absolute atomic E-state index is 15.6. The predicted octanol–water partition coefficient (Wildman–Crippen LogP) is 4.97. The Balaban J connectivity index is 2.21. The Bertz CT molecular complexity index is 1180. The highest BCUT2D eigenvalue weighted by Crippen LogP contribution is 2.52. The van der Waals surface area contributed by atoms with Crippen LogP contribution in [0, 0.1) is 22.6 Å². The number of halogens is 4.